The van der Waals surface area contributed by atoms with Crippen LogP contribution in [0.2, 0.25) is 0 Å². The highest BCUT2D eigenvalue weighted by molar-refractivity contribution is 5.89. The maximum atomic E-state index is 11.0. The Morgan fingerprint density at radius 1 is 1.29 bits per heavy atom. The number of aromatic carboxylic acids is 1. The van der Waals surface area contributed by atoms with Gasteiger partial charge in [-0.05, 0) is 60.9 Å². The van der Waals surface area contributed by atoms with E-state index < -0.39 is 5.97 Å². The summed E-state index contributed by atoms with van der Waals surface area (Å²) < 4.78 is 0. The molecule has 0 bridgehead atoms. The molecule has 0 saturated carbocycles. The molecule has 0 aliphatic carbocycles. The minimum atomic E-state index is -0.898. The van der Waals surface area contributed by atoms with E-state index in [1.807, 2.05) is 31.2 Å². The van der Waals surface area contributed by atoms with E-state index in [0.717, 1.165) is 35.5 Å². The van der Waals surface area contributed by atoms with Gasteiger partial charge in [0.1, 0.15) is 0 Å². The molecule has 21 heavy (non-hydrogen) atoms. The average molecular weight is 278 g/mol. The number of nitrogens with zero attached hydrogens (tertiary/aromatic N) is 2. The van der Waals surface area contributed by atoms with Gasteiger partial charge in [0.05, 0.1) is 17.2 Å². The van der Waals surface area contributed by atoms with Crippen LogP contribution >= 0.6 is 0 Å². The van der Waals surface area contributed by atoms with Crippen molar-refractivity contribution < 1.29 is 9.90 Å². The molecule has 1 aliphatic heterocycles. The number of carboxylic acid groups (broad SMARTS) is 1. The van der Waals surface area contributed by atoms with E-state index in [1.54, 1.807) is 12.1 Å². The van der Waals surface area contributed by atoms with Crippen LogP contribution < -0.4 is 4.90 Å². The van der Waals surface area contributed by atoms with Crippen LogP contribution in [0.4, 0.5) is 11.4 Å². The van der Waals surface area contributed by atoms with Crippen molar-refractivity contribution in [2.24, 2.45) is 0 Å². The van der Waals surface area contributed by atoms with Crippen molar-refractivity contribution in [2.75, 3.05) is 11.4 Å². The van der Waals surface area contributed by atoms with E-state index >= 15 is 0 Å². The molecule has 0 amide bonds. The maximum absolute atomic E-state index is 11.0. The first-order valence-electron chi connectivity index (χ1n) is 6.74. The molecular formula is C17H14N2O2. The fourth-order valence-electron chi connectivity index (χ4n) is 2.74. The van der Waals surface area contributed by atoms with E-state index in [4.69, 9.17) is 10.4 Å². The number of benzene rings is 2. The fraction of sp³-hybridized carbons (Fsp3) is 0.176. The molecule has 0 saturated heterocycles. The zero-order chi connectivity index (χ0) is 15.0. The van der Waals surface area contributed by atoms with Crippen molar-refractivity contribution in [1.82, 2.24) is 0 Å². The Morgan fingerprint density at radius 2 is 2.10 bits per heavy atom. The summed E-state index contributed by atoms with van der Waals surface area (Å²) in [6.07, 6.45) is 0.829. The number of hydrogen-bond donors (Lipinski definition) is 1. The number of rotatable bonds is 2. The Bertz CT molecular complexity index is 775. The summed E-state index contributed by atoms with van der Waals surface area (Å²) in [6.45, 7) is 2.75. The van der Waals surface area contributed by atoms with Gasteiger partial charge in [0.15, 0.2) is 0 Å². The molecule has 2 aromatic carbocycles. The predicted molar refractivity (Wildman–Crippen MR) is 80.0 cm³/mol. The normalized spacial score (nSPS) is 12.9. The lowest BCUT2D eigenvalue weighted by atomic mass is 10.1. The summed E-state index contributed by atoms with van der Waals surface area (Å²) in [5, 5.41) is 18.0. The lowest BCUT2D eigenvalue weighted by molar-refractivity contribution is 0.0697. The molecular weight excluding hydrogens is 264 g/mol. The number of fused-ring (bicyclic) bond motifs is 1. The van der Waals surface area contributed by atoms with E-state index in [-0.39, 0.29) is 0 Å². The number of nitriles is 1. The second kappa shape index (κ2) is 4.95. The first-order chi connectivity index (χ1) is 10.1. The van der Waals surface area contributed by atoms with Crippen molar-refractivity contribution in [3.8, 4) is 6.07 Å². The molecule has 4 nitrogen and oxygen atoms in total. The Labute approximate surface area is 122 Å². The van der Waals surface area contributed by atoms with Crippen molar-refractivity contribution in [2.45, 2.75) is 13.3 Å². The van der Waals surface area contributed by atoms with Crippen LogP contribution in [0.5, 0.6) is 0 Å². The molecule has 4 heteroatoms. The summed E-state index contributed by atoms with van der Waals surface area (Å²) in [6, 6.07) is 13.2. The molecule has 1 N–H and O–H groups in total. The number of anilines is 2. The smallest absolute Gasteiger partial charge is 0.335 e. The van der Waals surface area contributed by atoms with E-state index in [9.17, 15) is 4.79 Å². The third-order valence-corrected chi connectivity index (χ3v) is 3.86. The topological polar surface area (TPSA) is 64.3 Å². The molecule has 0 fully saturated rings. The largest absolute Gasteiger partial charge is 0.478 e. The first-order valence-corrected chi connectivity index (χ1v) is 6.74. The third-order valence-electron chi connectivity index (χ3n) is 3.86. The second-order valence-corrected chi connectivity index (χ2v) is 5.16. The highest BCUT2D eigenvalue weighted by Crippen LogP contribution is 2.35. The van der Waals surface area contributed by atoms with Gasteiger partial charge in [0.25, 0.3) is 0 Å². The molecule has 104 valence electrons. The molecule has 0 unspecified atom stereocenters. The van der Waals surface area contributed by atoms with E-state index in [1.165, 1.54) is 0 Å². The van der Waals surface area contributed by atoms with Crippen LogP contribution in [0.1, 0.15) is 27.0 Å². The average Bonchev–Trinajstić information content (AvgIpc) is 2.90. The molecule has 3 rings (SSSR count). The summed E-state index contributed by atoms with van der Waals surface area (Å²) in [7, 11) is 0. The SMILES string of the molecule is Cc1cc(N2CCc3cc(C(=O)O)ccc32)ccc1C#N. The molecule has 0 aromatic heterocycles. The molecule has 1 heterocycles. The Morgan fingerprint density at radius 3 is 2.76 bits per heavy atom. The third kappa shape index (κ3) is 2.23. The highest BCUT2D eigenvalue weighted by atomic mass is 16.4. The van der Waals surface area contributed by atoms with Gasteiger partial charge in [-0.3, -0.25) is 0 Å². The molecule has 0 spiro atoms. The van der Waals surface area contributed by atoms with Crippen LogP contribution in [-0.4, -0.2) is 17.6 Å². The van der Waals surface area contributed by atoms with Gasteiger partial charge >= 0.3 is 5.97 Å². The predicted octanol–water partition coefficient (Wildman–Crippen LogP) is 3.26. The maximum Gasteiger partial charge on any atom is 0.335 e. The van der Waals surface area contributed by atoms with Crippen LogP contribution in [-0.2, 0) is 6.42 Å². The number of aryl methyl sites for hydroxylation is 1. The van der Waals surface area contributed by atoms with Gasteiger partial charge in [-0.25, -0.2) is 4.79 Å². The summed E-state index contributed by atoms with van der Waals surface area (Å²) in [4.78, 5) is 13.2. The minimum absolute atomic E-state index is 0.326. The molecule has 0 atom stereocenters. The standard InChI is InChI=1S/C17H14N2O2/c1-11-8-15(4-2-14(11)10-18)19-7-6-12-9-13(17(20)21)3-5-16(12)19/h2-5,8-9H,6-7H2,1H3,(H,20,21). The number of hydrogen-bond acceptors (Lipinski definition) is 3. The van der Waals surface area contributed by atoms with E-state index in [2.05, 4.69) is 11.0 Å². The molecule has 0 radical (unpaired) electrons. The van der Waals surface area contributed by atoms with Crippen molar-refractivity contribution in [1.29, 1.82) is 5.26 Å². The van der Waals surface area contributed by atoms with Crippen molar-refractivity contribution >= 4 is 17.3 Å². The monoisotopic (exact) mass is 278 g/mol. The van der Waals surface area contributed by atoms with Crippen LogP contribution in [0.3, 0.4) is 0 Å². The summed E-state index contributed by atoms with van der Waals surface area (Å²) >= 11 is 0. The van der Waals surface area contributed by atoms with Crippen molar-refractivity contribution in [3.05, 3.63) is 58.7 Å². The fourth-order valence-corrected chi connectivity index (χ4v) is 2.74. The Hall–Kier alpha value is -2.80. The van der Waals surface area contributed by atoms with Gasteiger partial charge in [-0.15, -0.1) is 0 Å². The van der Waals surface area contributed by atoms with Crippen LogP contribution in [0.25, 0.3) is 0 Å². The lowest BCUT2D eigenvalue weighted by Gasteiger charge is -2.20. The lowest BCUT2D eigenvalue weighted by Crippen LogP contribution is -2.13. The van der Waals surface area contributed by atoms with Gasteiger partial charge < -0.3 is 10.0 Å². The van der Waals surface area contributed by atoms with Gasteiger partial charge in [-0.1, -0.05) is 0 Å². The van der Waals surface area contributed by atoms with Crippen LogP contribution in [0, 0.1) is 18.3 Å². The van der Waals surface area contributed by atoms with Gasteiger partial charge in [0.2, 0.25) is 0 Å². The number of carboxylic acids is 1. The quantitative estimate of drug-likeness (QED) is 0.915. The number of carbonyl (C=O) groups is 1. The first kappa shape index (κ1) is 13.2. The zero-order valence-corrected chi connectivity index (χ0v) is 11.6. The minimum Gasteiger partial charge on any atom is -0.478 e. The Balaban J connectivity index is 2.00. The zero-order valence-electron chi connectivity index (χ0n) is 11.6. The molecule has 2 aromatic rings. The van der Waals surface area contributed by atoms with Gasteiger partial charge in [0, 0.05) is 17.9 Å². The molecule has 1 aliphatic rings. The second-order valence-electron chi connectivity index (χ2n) is 5.16. The van der Waals surface area contributed by atoms with Crippen molar-refractivity contribution in [3.63, 3.8) is 0 Å². The summed E-state index contributed by atoms with van der Waals surface area (Å²) in [5.74, 6) is -0.898. The van der Waals surface area contributed by atoms with Crippen LogP contribution in [0.15, 0.2) is 36.4 Å². The van der Waals surface area contributed by atoms with Gasteiger partial charge in [-0.2, -0.15) is 5.26 Å². The summed E-state index contributed by atoms with van der Waals surface area (Å²) in [5.41, 5.74) is 5.09. The highest BCUT2D eigenvalue weighted by Gasteiger charge is 2.22. The van der Waals surface area contributed by atoms with E-state index in [0.29, 0.717) is 11.1 Å². The Kier molecular flexibility index (Phi) is 3.11.